The molecule has 1 aromatic carbocycles. The van der Waals surface area contributed by atoms with Crippen LogP contribution < -0.4 is 0 Å². The number of hydrogen-bond donors (Lipinski definition) is 2. The molecule has 2 N–H and O–H groups in total. The van der Waals surface area contributed by atoms with Crippen molar-refractivity contribution < 1.29 is 19.7 Å². The lowest BCUT2D eigenvalue weighted by molar-refractivity contribution is 0.0424. The maximum atomic E-state index is 11.8. The third-order valence-electron chi connectivity index (χ3n) is 3.23. The number of esters is 1. The average molecular weight is 266 g/mol. The van der Waals surface area contributed by atoms with Gasteiger partial charge in [-0.15, -0.1) is 0 Å². The summed E-state index contributed by atoms with van der Waals surface area (Å²) >= 11 is 0. The van der Waals surface area contributed by atoms with Gasteiger partial charge in [0.2, 0.25) is 0 Å². The Morgan fingerprint density at radius 2 is 2.05 bits per heavy atom. The molecule has 0 aromatic heterocycles. The van der Waals surface area contributed by atoms with Gasteiger partial charge in [0.25, 0.3) is 0 Å². The summed E-state index contributed by atoms with van der Waals surface area (Å²) in [4.78, 5) is 11.8. The summed E-state index contributed by atoms with van der Waals surface area (Å²) in [7, 11) is 0. The van der Waals surface area contributed by atoms with E-state index in [4.69, 9.17) is 4.74 Å². The van der Waals surface area contributed by atoms with E-state index < -0.39 is 11.7 Å². The van der Waals surface area contributed by atoms with Crippen LogP contribution in [-0.4, -0.2) is 22.8 Å². The zero-order chi connectivity index (χ0) is 14.3. The Morgan fingerprint density at radius 3 is 2.68 bits per heavy atom. The lowest BCUT2D eigenvalue weighted by atomic mass is 10.0. The Morgan fingerprint density at radius 1 is 1.32 bits per heavy atom. The molecule has 0 saturated heterocycles. The van der Waals surface area contributed by atoms with Gasteiger partial charge in [0.1, 0.15) is 5.56 Å². The van der Waals surface area contributed by atoms with Crippen LogP contribution in [0.5, 0.6) is 11.5 Å². The molecule has 1 rings (SSSR count). The second kappa shape index (κ2) is 7.67. The minimum absolute atomic E-state index is 0.00495. The van der Waals surface area contributed by atoms with Crippen molar-refractivity contribution in [1.82, 2.24) is 0 Å². The van der Waals surface area contributed by atoms with Crippen molar-refractivity contribution in [1.29, 1.82) is 0 Å². The number of unbranched alkanes of at least 4 members (excludes halogenated alkanes) is 1. The van der Waals surface area contributed by atoms with Crippen molar-refractivity contribution in [3.63, 3.8) is 0 Å². The fourth-order valence-corrected chi connectivity index (χ4v) is 1.87. The van der Waals surface area contributed by atoms with E-state index in [1.165, 1.54) is 18.2 Å². The molecule has 0 amide bonds. The van der Waals surface area contributed by atoms with Gasteiger partial charge >= 0.3 is 5.97 Å². The van der Waals surface area contributed by atoms with E-state index in [0.29, 0.717) is 12.5 Å². The number of para-hydroxylation sites is 1. The molecular weight excluding hydrogens is 244 g/mol. The molecule has 19 heavy (non-hydrogen) atoms. The normalized spacial score (nSPS) is 12.1. The molecule has 1 aromatic rings. The van der Waals surface area contributed by atoms with Crippen molar-refractivity contribution in [2.24, 2.45) is 5.92 Å². The summed E-state index contributed by atoms with van der Waals surface area (Å²) in [5.74, 6) is -0.978. The van der Waals surface area contributed by atoms with Crippen LogP contribution in [0.2, 0.25) is 0 Å². The molecule has 0 spiro atoms. The highest BCUT2D eigenvalue weighted by molar-refractivity contribution is 5.93. The SMILES string of the molecule is CCCCC(CC)COC(=O)c1cccc(O)c1O. The van der Waals surface area contributed by atoms with Crippen molar-refractivity contribution >= 4 is 5.97 Å². The number of phenolic OH excluding ortho intramolecular Hbond substituents is 2. The number of carbonyl (C=O) groups excluding carboxylic acids is 1. The van der Waals surface area contributed by atoms with E-state index in [9.17, 15) is 15.0 Å². The Hall–Kier alpha value is -1.71. The first kappa shape index (κ1) is 15.3. The third kappa shape index (κ3) is 4.47. The summed E-state index contributed by atoms with van der Waals surface area (Å²) in [5.41, 5.74) is 0.00495. The number of hydrogen-bond acceptors (Lipinski definition) is 4. The van der Waals surface area contributed by atoms with Gasteiger partial charge in [0, 0.05) is 0 Å². The number of benzene rings is 1. The van der Waals surface area contributed by atoms with Crippen LogP contribution in [0, 0.1) is 5.92 Å². The minimum Gasteiger partial charge on any atom is -0.504 e. The van der Waals surface area contributed by atoms with Gasteiger partial charge < -0.3 is 14.9 Å². The molecule has 0 aliphatic rings. The van der Waals surface area contributed by atoms with E-state index in [2.05, 4.69) is 13.8 Å². The van der Waals surface area contributed by atoms with Crippen molar-refractivity contribution in [2.75, 3.05) is 6.61 Å². The molecule has 1 atom stereocenters. The molecule has 0 bridgehead atoms. The van der Waals surface area contributed by atoms with Crippen LogP contribution in [0.3, 0.4) is 0 Å². The fourth-order valence-electron chi connectivity index (χ4n) is 1.87. The summed E-state index contributed by atoms with van der Waals surface area (Å²) in [6.07, 6.45) is 4.23. The molecule has 0 radical (unpaired) electrons. The highest BCUT2D eigenvalue weighted by Gasteiger charge is 2.17. The molecule has 1 unspecified atom stereocenters. The molecule has 4 nitrogen and oxygen atoms in total. The van der Waals surface area contributed by atoms with Crippen molar-refractivity contribution in [2.45, 2.75) is 39.5 Å². The predicted octanol–water partition coefficient (Wildman–Crippen LogP) is 3.47. The second-order valence-electron chi connectivity index (χ2n) is 4.69. The first-order valence-corrected chi connectivity index (χ1v) is 6.78. The van der Waals surface area contributed by atoms with Crippen LogP contribution in [0.1, 0.15) is 49.9 Å². The third-order valence-corrected chi connectivity index (χ3v) is 3.23. The molecule has 0 fully saturated rings. The van der Waals surface area contributed by atoms with E-state index in [0.717, 1.165) is 25.7 Å². The topological polar surface area (TPSA) is 66.8 Å². The van der Waals surface area contributed by atoms with E-state index in [1.807, 2.05) is 0 Å². The van der Waals surface area contributed by atoms with E-state index in [-0.39, 0.29) is 11.3 Å². The zero-order valence-electron chi connectivity index (χ0n) is 11.6. The Labute approximate surface area is 114 Å². The van der Waals surface area contributed by atoms with E-state index in [1.54, 1.807) is 0 Å². The maximum Gasteiger partial charge on any atom is 0.342 e. The van der Waals surface area contributed by atoms with E-state index >= 15 is 0 Å². The maximum absolute atomic E-state index is 11.8. The fraction of sp³-hybridized carbons (Fsp3) is 0.533. The van der Waals surface area contributed by atoms with Crippen molar-refractivity contribution in [3.8, 4) is 11.5 Å². The smallest absolute Gasteiger partial charge is 0.342 e. The second-order valence-corrected chi connectivity index (χ2v) is 4.69. The van der Waals surface area contributed by atoms with Gasteiger partial charge in [-0.05, 0) is 24.5 Å². The molecular formula is C15H22O4. The molecule has 0 aliphatic heterocycles. The quantitative estimate of drug-likeness (QED) is 0.585. The summed E-state index contributed by atoms with van der Waals surface area (Å²) < 4.78 is 5.20. The number of ether oxygens (including phenoxy) is 1. The monoisotopic (exact) mass is 266 g/mol. The highest BCUT2D eigenvalue weighted by Crippen LogP contribution is 2.28. The first-order chi connectivity index (χ1) is 9.10. The zero-order valence-corrected chi connectivity index (χ0v) is 11.6. The minimum atomic E-state index is -0.594. The average Bonchev–Trinajstić information content (AvgIpc) is 2.42. The molecule has 106 valence electrons. The largest absolute Gasteiger partial charge is 0.504 e. The van der Waals surface area contributed by atoms with Gasteiger partial charge in [-0.25, -0.2) is 4.79 Å². The van der Waals surface area contributed by atoms with Crippen LogP contribution in [0.15, 0.2) is 18.2 Å². The van der Waals surface area contributed by atoms with Crippen LogP contribution in [0.25, 0.3) is 0 Å². The summed E-state index contributed by atoms with van der Waals surface area (Å²) in [6.45, 7) is 4.55. The summed E-state index contributed by atoms with van der Waals surface area (Å²) in [5, 5.41) is 18.9. The number of aromatic hydroxyl groups is 2. The summed E-state index contributed by atoms with van der Waals surface area (Å²) in [6, 6.07) is 4.26. The van der Waals surface area contributed by atoms with Crippen LogP contribution in [0.4, 0.5) is 0 Å². The Bertz CT molecular complexity index is 415. The molecule has 0 aliphatic carbocycles. The lowest BCUT2D eigenvalue weighted by Gasteiger charge is -2.15. The van der Waals surface area contributed by atoms with Gasteiger partial charge in [-0.3, -0.25) is 0 Å². The number of carbonyl (C=O) groups is 1. The standard InChI is InChI=1S/C15H22O4/c1-3-5-7-11(4-2)10-19-15(18)12-8-6-9-13(16)14(12)17/h6,8-9,11,16-17H,3-5,7,10H2,1-2H3. The van der Waals surface area contributed by atoms with Gasteiger partial charge in [-0.2, -0.15) is 0 Å². The predicted molar refractivity (Wildman–Crippen MR) is 73.4 cm³/mol. The highest BCUT2D eigenvalue weighted by atomic mass is 16.5. The lowest BCUT2D eigenvalue weighted by Crippen LogP contribution is -2.14. The van der Waals surface area contributed by atoms with Gasteiger partial charge in [0.05, 0.1) is 6.61 Å². The van der Waals surface area contributed by atoms with Crippen LogP contribution >= 0.6 is 0 Å². The molecule has 0 heterocycles. The van der Waals surface area contributed by atoms with Gasteiger partial charge in [0.15, 0.2) is 11.5 Å². The Balaban J connectivity index is 2.57. The van der Waals surface area contributed by atoms with Crippen molar-refractivity contribution in [3.05, 3.63) is 23.8 Å². The van der Waals surface area contributed by atoms with Gasteiger partial charge in [-0.1, -0.05) is 39.2 Å². The van der Waals surface area contributed by atoms with Crippen LogP contribution in [-0.2, 0) is 4.74 Å². The number of phenols is 2. The Kier molecular flexibility index (Phi) is 6.19. The molecule has 0 saturated carbocycles. The molecule has 4 heteroatoms. The first-order valence-electron chi connectivity index (χ1n) is 6.78. The number of rotatable bonds is 7.